The van der Waals surface area contributed by atoms with Crippen LogP contribution >= 0.6 is 0 Å². The number of sulfone groups is 1. The Balaban J connectivity index is 1.59. The minimum atomic E-state index is -3.04. The van der Waals surface area contributed by atoms with E-state index >= 15 is 0 Å². The van der Waals surface area contributed by atoms with Crippen LogP contribution in [0.5, 0.6) is 5.75 Å². The van der Waals surface area contributed by atoms with Crippen LogP contribution in [-0.2, 0) is 9.84 Å². The van der Waals surface area contributed by atoms with Crippen molar-refractivity contribution in [2.24, 2.45) is 5.92 Å². The van der Waals surface area contributed by atoms with Gasteiger partial charge in [0.15, 0.2) is 15.6 Å². The maximum Gasteiger partial charge on any atom is 0.163 e. The van der Waals surface area contributed by atoms with Crippen LogP contribution in [0.1, 0.15) is 23.2 Å². The molecule has 0 saturated carbocycles. The Bertz CT molecular complexity index is 1470. The molecule has 1 fully saturated rings. The molecule has 1 aromatic heterocycles. The first-order chi connectivity index (χ1) is 15.8. The lowest BCUT2D eigenvalue weighted by Gasteiger charge is -2.09. The first-order valence-electron chi connectivity index (χ1n) is 10.7. The average Bonchev–Trinajstić information content (AvgIpc) is 3.33. The van der Waals surface area contributed by atoms with E-state index in [0.717, 1.165) is 27.7 Å². The van der Waals surface area contributed by atoms with Crippen molar-refractivity contribution in [2.45, 2.75) is 12.8 Å². The average molecular weight is 464 g/mol. The Hall–Kier alpha value is -3.45. The lowest BCUT2D eigenvalue weighted by molar-refractivity contribution is 0.0966. The Labute approximate surface area is 191 Å². The van der Waals surface area contributed by atoms with Gasteiger partial charge in [0.2, 0.25) is 0 Å². The van der Waals surface area contributed by atoms with E-state index in [-0.39, 0.29) is 41.2 Å². The molecule has 1 unspecified atom stereocenters. The zero-order valence-electron chi connectivity index (χ0n) is 17.7. The van der Waals surface area contributed by atoms with Gasteiger partial charge in [-0.15, -0.1) is 0 Å². The fourth-order valence-electron chi connectivity index (χ4n) is 4.53. The number of hydrogen-bond donors (Lipinski definition) is 1. The minimum Gasteiger partial charge on any atom is -0.508 e. The second kappa shape index (κ2) is 8.15. The molecule has 1 atom stereocenters. The molecule has 0 aliphatic carbocycles. The molecule has 33 heavy (non-hydrogen) atoms. The van der Waals surface area contributed by atoms with Gasteiger partial charge in [-0.2, -0.15) is 0 Å². The summed E-state index contributed by atoms with van der Waals surface area (Å²) < 4.78 is 38.9. The van der Waals surface area contributed by atoms with E-state index in [2.05, 4.69) is 0 Å². The van der Waals surface area contributed by atoms with Gasteiger partial charge in [0.25, 0.3) is 0 Å². The van der Waals surface area contributed by atoms with E-state index in [0.29, 0.717) is 12.0 Å². The number of aromatic hydroxyl groups is 1. The lowest BCUT2D eigenvalue weighted by Crippen LogP contribution is -2.10. The lowest BCUT2D eigenvalue weighted by atomic mass is 9.96. The number of phenolic OH excluding ortho intramolecular Hbond substituents is 1. The van der Waals surface area contributed by atoms with E-state index in [1.54, 1.807) is 42.5 Å². The molecular weight excluding hydrogens is 441 g/mol. The Morgan fingerprint density at radius 2 is 1.85 bits per heavy atom. The number of ketones is 1. The van der Waals surface area contributed by atoms with E-state index in [4.69, 9.17) is 0 Å². The second-order valence-electron chi connectivity index (χ2n) is 8.57. The molecule has 1 N–H and O–H groups in total. The van der Waals surface area contributed by atoms with Gasteiger partial charge in [-0.05, 0) is 60.4 Å². The van der Waals surface area contributed by atoms with Crippen molar-refractivity contribution in [3.8, 4) is 22.6 Å². The molecule has 7 heteroatoms. The largest absolute Gasteiger partial charge is 0.508 e. The highest BCUT2D eigenvalue weighted by molar-refractivity contribution is 7.91. The van der Waals surface area contributed by atoms with Crippen molar-refractivity contribution >= 4 is 26.5 Å². The number of nitrogens with zero attached hydrogens (tertiary/aromatic N) is 1. The highest BCUT2D eigenvalue weighted by atomic mass is 32.2. The standard InChI is InChI=1S/C26H22FNO4S/c27-20-5-7-21(8-6-20)28-15-24(18-2-1-3-22(29)13-18)23-9-4-19(14-25(23)28)26(30)12-17-10-11-33(31,32)16-17/h1-9,13-15,17,29H,10-12,16H2. The number of carbonyl (C=O) groups excluding carboxylic acids is 1. The summed E-state index contributed by atoms with van der Waals surface area (Å²) in [4.78, 5) is 13.0. The summed E-state index contributed by atoms with van der Waals surface area (Å²) in [5.41, 5.74) is 3.70. The molecule has 1 saturated heterocycles. The normalized spacial score (nSPS) is 17.4. The van der Waals surface area contributed by atoms with Crippen LogP contribution in [0.25, 0.3) is 27.7 Å². The summed E-state index contributed by atoms with van der Waals surface area (Å²) in [6.07, 6.45) is 2.62. The first-order valence-corrected chi connectivity index (χ1v) is 12.6. The van der Waals surface area contributed by atoms with Gasteiger partial charge in [0, 0.05) is 34.8 Å². The van der Waals surface area contributed by atoms with Gasteiger partial charge in [0.05, 0.1) is 17.0 Å². The zero-order valence-corrected chi connectivity index (χ0v) is 18.6. The van der Waals surface area contributed by atoms with Crippen LogP contribution in [0.15, 0.2) is 72.9 Å². The fourth-order valence-corrected chi connectivity index (χ4v) is 6.39. The number of halogens is 1. The Morgan fingerprint density at radius 3 is 2.55 bits per heavy atom. The van der Waals surface area contributed by atoms with Gasteiger partial charge in [-0.25, -0.2) is 12.8 Å². The van der Waals surface area contributed by atoms with Crippen LogP contribution in [0, 0.1) is 11.7 Å². The van der Waals surface area contributed by atoms with Gasteiger partial charge < -0.3 is 9.67 Å². The number of fused-ring (bicyclic) bond motifs is 1. The summed E-state index contributed by atoms with van der Waals surface area (Å²) in [6.45, 7) is 0. The van der Waals surface area contributed by atoms with Gasteiger partial charge >= 0.3 is 0 Å². The molecule has 3 aromatic carbocycles. The molecule has 5 rings (SSSR count). The molecule has 0 amide bonds. The van der Waals surface area contributed by atoms with Gasteiger partial charge in [0.1, 0.15) is 11.6 Å². The van der Waals surface area contributed by atoms with Crippen molar-refractivity contribution < 1.29 is 22.7 Å². The Morgan fingerprint density at radius 1 is 1.06 bits per heavy atom. The monoisotopic (exact) mass is 463 g/mol. The second-order valence-corrected chi connectivity index (χ2v) is 10.8. The van der Waals surface area contributed by atoms with Crippen LogP contribution in [0.2, 0.25) is 0 Å². The van der Waals surface area contributed by atoms with Crippen molar-refractivity contribution in [1.82, 2.24) is 4.57 Å². The SMILES string of the molecule is O=C(CC1CCS(=O)(=O)C1)c1ccc2c(-c3cccc(O)c3)cn(-c3ccc(F)cc3)c2c1. The van der Waals surface area contributed by atoms with Crippen molar-refractivity contribution in [3.05, 3.63) is 84.3 Å². The number of aromatic nitrogens is 1. The number of Topliss-reactive ketones (excluding diaryl/α,β-unsaturated/α-hetero) is 1. The molecule has 2 heterocycles. The molecule has 168 valence electrons. The van der Waals surface area contributed by atoms with E-state index in [1.165, 1.54) is 12.1 Å². The number of hydrogen-bond acceptors (Lipinski definition) is 4. The van der Waals surface area contributed by atoms with Crippen molar-refractivity contribution in [3.63, 3.8) is 0 Å². The van der Waals surface area contributed by atoms with Crippen LogP contribution in [0.3, 0.4) is 0 Å². The zero-order chi connectivity index (χ0) is 23.2. The summed E-state index contributed by atoms with van der Waals surface area (Å²) in [5.74, 6) is -0.229. The molecule has 0 radical (unpaired) electrons. The summed E-state index contributed by atoms with van der Waals surface area (Å²) in [7, 11) is -3.04. The summed E-state index contributed by atoms with van der Waals surface area (Å²) in [5, 5.41) is 10.8. The van der Waals surface area contributed by atoms with Crippen LogP contribution in [-0.4, -0.2) is 35.4 Å². The number of rotatable bonds is 5. The first kappa shape index (κ1) is 21.4. The van der Waals surface area contributed by atoms with Crippen molar-refractivity contribution in [1.29, 1.82) is 0 Å². The smallest absolute Gasteiger partial charge is 0.163 e. The Kier molecular flexibility index (Phi) is 5.29. The minimum absolute atomic E-state index is 0.0641. The summed E-state index contributed by atoms with van der Waals surface area (Å²) >= 11 is 0. The highest BCUT2D eigenvalue weighted by Gasteiger charge is 2.29. The number of benzene rings is 3. The van der Waals surface area contributed by atoms with E-state index in [9.17, 15) is 22.7 Å². The van der Waals surface area contributed by atoms with Gasteiger partial charge in [-0.1, -0.05) is 24.3 Å². The molecular formula is C26H22FNO4S. The maximum absolute atomic E-state index is 13.5. The summed E-state index contributed by atoms with van der Waals surface area (Å²) in [6, 6.07) is 18.4. The third-order valence-electron chi connectivity index (χ3n) is 6.19. The van der Waals surface area contributed by atoms with Gasteiger partial charge in [-0.3, -0.25) is 4.79 Å². The van der Waals surface area contributed by atoms with Crippen LogP contribution in [0.4, 0.5) is 4.39 Å². The molecule has 4 aromatic rings. The molecule has 1 aliphatic rings. The third kappa shape index (κ3) is 4.28. The maximum atomic E-state index is 13.5. The quantitative estimate of drug-likeness (QED) is 0.415. The molecule has 5 nitrogen and oxygen atoms in total. The molecule has 0 spiro atoms. The number of phenols is 1. The predicted octanol–water partition coefficient (Wildman–Crippen LogP) is 5.15. The highest BCUT2D eigenvalue weighted by Crippen LogP contribution is 2.35. The number of carbonyl (C=O) groups is 1. The van der Waals surface area contributed by atoms with Crippen LogP contribution < -0.4 is 0 Å². The predicted molar refractivity (Wildman–Crippen MR) is 126 cm³/mol. The van der Waals surface area contributed by atoms with E-state index in [1.807, 2.05) is 22.9 Å². The topological polar surface area (TPSA) is 76.4 Å². The van der Waals surface area contributed by atoms with E-state index < -0.39 is 9.84 Å². The fraction of sp³-hybridized carbons (Fsp3) is 0.192. The third-order valence-corrected chi connectivity index (χ3v) is 8.03. The van der Waals surface area contributed by atoms with Crippen molar-refractivity contribution in [2.75, 3.05) is 11.5 Å². The molecule has 1 aliphatic heterocycles. The molecule has 0 bridgehead atoms.